The zero-order valence-corrected chi connectivity index (χ0v) is 16.8. The van der Waals surface area contributed by atoms with Gasteiger partial charge < -0.3 is 15.3 Å². The third-order valence-electron chi connectivity index (χ3n) is 4.92. The van der Waals surface area contributed by atoms with Gasteiger partial charge in [0.25, 0.3) is 0 Å². The third-order valence-corrected chi connectivity index (χ3v) is 4.92. The van der Waals surface area contributed by atoms with E-state index in [0.717, 1.165) is 25.2 Å². The van der Waals surface area contributed by atoms with Crippen LogP contribution >= 0.6 is 0 Å². The summed E-state index contributed by atoms with van der Waals surface area (Å²) in [6.07, 6.45) is 12.9. The van der Waals surface area contributed by atoms with Gasteiger partial charge in [-0.05, 0) is 12.3 Å². The molecule has 0 heterocycles. The SMILES string of the molecule is CC(C)CCCCCCCCCCCCCC(C(=O)O)C(=O)C(O)CO. The van der Waals surface area contributed by atoms with Gasteiger partial charge in [-0.15, -0.1) is 0 Å². The Balaban J connectivity index is 3.54. The van der Waals surface area contributed by atoms with Gasteiger partial charge in [-0.25, -0.2) is 0 Å². The van der Waals surface area contributed by atoms with E-state index in [1.165, 1.54) is 51.4 Å². The fraction of sp³-hybridized carbons (Fsp3) is 0.905. The van der Waals surface area contributed by atoms with Crippen molar-refractivity contribution in [3.63, 3.8) is 0 Å². The Hall–Kier alpha value is -0.940. The minimum absolute atomic E-state index is 0.238. The van der Waals surface area contributed by atoms with Gasteiger partial charge in [0.1, 0.15) is 12.0 Å². The number of hydrogen-bond acceptors (Lipinski definition) is 4. The smallest absolute Gasteiger partial charge is 0.314 e. The molecule has 0 aliphatic rings. The molecule has 0 aromatic heterocycles. The second kappa shape index (κ2) is 16.2. The lowest BCUT2D eigenvalue weighted by Gasteiger charge is -2.14. The van der Waals surface area contributed by atoms with E-state index in [4.69, 9.17) is 10.2 Å². The van der Waals surface area contributed by atoms with E-state index < -0.39 is 30.4 Å². The molecule has 154 valence electrons. The van der Waals surface area contributed by atoms with E-state index >= 15 is 0 Å². The summed E-state index contributed by atoms with van der Waals surface area (Å²) >= 11 is 0. The zero-order chi connectivity index (χ0) is 19.8. The molecule has 2 unspecified atom stereocenters. The Labute approximate surface area is 159 Å². The second-order valence-electron chi connectivity index (χ2n) is 7.85. The lowest BCUT2D eigenvalue weighted by atomic mass is 9.93. The first-order valence-corrected chi connectivity index (χ1v) is 10.5. The summed E-state index contributed by atoms with van der Waals surface area (Å²) in [5.74, 6) is -2.38. The van der Waals surface area contributed by atoms with Gasteiger partial charge >= 0.3 is 5.97 Å². The lowest BCUT2D eigenvalue weighted by molar-refractivity contribution is -0.150. The van der Waals surface area contributed by atoms with E-state index in [1.807, 2.05) is 0 Å². The van der Waals surface area contributed by atoms with E-state index in [9.17, 15) is 14.7 Å². The first kappa shape index (κ1) is 25.1. The van der Waals surface area contributed by atoms with Crippen molar-refractivity contribution in [1.82, 2.24) is 0 Å². The molecule has 0 bridgehead atoms. The second-order valence-corrected chi connectivity index (χ2v) is 7.85. The number of carboxylic acids is 1. The Kier molecular flexibility index (Phi) is 15.7. The summed E-state index contributed by atoms with van der Waals surface area (Å²) in [6, 6.07) is 0. The van der Waals surface area contributed by atoms with Gasteiger partial charge in [0.2, 0.25) is 0 Å². The number of carboxylic acid groups (broad SMARTS) is 1. The third kappa shape index (κ3) is 13.3. The minimum Gasteiger partial charge on any atom is -0.481 e. The zero-order valence-electron chi connectivity index (χ0n) is 16.8. The van der Waals surface area contributed by atoms with Crippen LogP contribution in [0.25, 0.3) is 0 Å². The Morgan fingerprint density at radius 1 is 0.731 bits per heavy atom. The number of ketones is 1. The van der Waals surface area contributed by atoms with Crippen molar-refractivity contribution in [2.24, 2.45) is 11.8 Å². The minimum atomic E-state index is -1.58. The predicted molar refractivity (Wildman–Crippen MR) is 104 cm³/mol. The number of aliphatic hydroxyl groups is 2. The van der Waals surface area contributed by atoms with Crippen LogP contribution in [0.5, 0.6) is 0 Å². The maximum Gasteiger partial charge on any atom is 0.314 e. The summed E-state index contributed by atoms with van der Waals surface area (Å²) in [6.45, 7) is 3.83. The van der Waals surface area contributed by atoms with Gasteiger partial charge in [0.05, 0.1) is 6.61 Å². The van der Waals surface area contributed by atoms with Gasteiger partial charge in [0.15, 0.2) is 5.78 Å². The molecular formula is C21H40O5. The molecule has 0 aliphatic heterocycles. The van der Waals surface area contributed by atoms with Crippen LogP contribution in [-0.2, 0) is 9.59 Å². The summed E-state index contributed by atoms with van der Waals surface area (Å²) in [7, 11) is 0. The number of rotatable bonds is 18. The van der Waals surface area contributed by atoms with E-state index in [1.54, 1.807) is 0 Å². The molecule has 0 fully saturated rings. The van der Waals surface area contributed by atoms with Crippen LogP contribution in [0.3, 0.4) is 0 Å². The van der Waals surface area contributed by atoms with Crippen molar-refractivity contribution >= 4 is 11.8 Å². The fourth-order valence-electron chi connectivity index (χ4n) is 3.20. The fourth-order valence-corrected chi connectivity index (χ4v) is 3.20. The van der Waals surface area contributed by atoms with Crippen molar-refractivity contribution in [3.8, 4) is 0 Å². The highest BCUT2D eigenvalue weighted by atomic mass is 16.4. The first-order chi connectivity index (χ1) is 12.4. The molecular weight excluding hydrogens is 332 g/mol. The van der Waals surface area contributed by atoms with Gasteiger partial charge in [-0.2, -0.15) is 0 Å². The van der Waals surface area contributed by atoms with Crippen LogP contribution in [0.15, 0.2) is 0 Å². The molecule has 0 spiro atoms. The van der Waals surface area contributed by atoms with Crippen LogP contribution < -0.4 is 0 Å². The Morgan fingerprint density at radius 3 is 1.46 bits per heavy atom. The molecule has 5 heteroatoms. The summed E-state index contributed by atoms with van der Waals surface area (Å²) in [5, 5.41) is 27.1. The number of carbonyl (C=O) groups is 2. The molecule has 0 aliphatic carbocycles. The molecule has 26 heavy (non-hydrogen) atoms. The molecule has 0 rings (SSSR count). The largest absolute Gasteiger partial charge is 0.481 e. The van der Waals surface area contributed by atoms with Crippen LogP contribution in [-0.4, -0.2) is 39.8 Å². The van der Waals surface area contributed by atoms with Crippen LogP contribution in [0.1, 0.15) is 97.3 Å². The number of aliphatic carboxylic acids is 1. The number of unbranched alkanes of at least 4 members (excludes halogenated alkanes) is 10. The molecule has 0 aromatic carbocycles. The molecule has 0 radical (unpaired) electrons. The maximum absolute atomic E-state index is 11.7. The van der Waals surface area contributed by atoms with Crippen molar-refractivity contribution < 1.29 is 24.9 Å². The predicted octanol–water partition coefficient (Wildman–Crippen LogP) is 4.34. The highest BCUT2D eigenvalue weighted by Gasteiger charge is 2.30. The molecule has 0 saturated heterocycles. The number of carbonyl (C=O) groups excluding carboxylic acids is 1. The topological polar surface area (TPSA) is 94.8 Å². The van der Waals surface area contributed by atoms with Gasteiger partial charge in [-0.3, -0.25) is 9.59 Å². The number of aliphatic hydroxyl groups excluding tert-OH is 2. The van der Waals surface area contributed by atoms with Crippen LogP contribution in [0, 0.1) is 11.8 Å². The van der Waals surface area contributed by atoms with Crippen LogP contribution in [0.2, 0.25) is 0 Å². The summed E-state index contributed by atoms with van der Waals surface area (Å²) in [5.41, 5.74) is 0. The molecule has 0 amide bonds. The monoisotopic (exact) mass is 372 g/mol. The highest BCUT2D eigenvalue weighted by molar-refractivity contribution is 6.00. The van der Waals surface area contributed by atoms with Crippen molar-refractivity contribution in [3.05, 3.63) is 0 Å². The van der Waals surface area contributed by atoms with E-state index in [-0.39, 0.29) is 6.42 Å². The van der Waals surface area contributed by atoms with Crippen LogP contribution in [0.4, 0.5) is 0 Å². The summed E-state index contributed by atoms with van der Waals surface area (Å²) in [4.78, 5) is 22.8. The highest BCUT2D eigenvalue weighted by Crippen LogP contribution is 2.17. The average molecular weight is 373 g/mol. The quantitative estimate of drug-likeness (QED) is 0.246. The summed E-state index contributed by atoms with van der Waals surface area (Å²) < 4.78 is 0. The Bertz CT molecular complexity index is 367. The molecule has 0 aromatic rings. The normalized spacial score (nSPS) is 13.7. The van der Waals surface area contributed by atoms with Crippen molar-refractivity contribution in [1.29, 1.82) is 0 Å². The lowest BCUT2D eigenvalue weighted by Crippen LogP contribution is -2.35. The number of hydrogen-bond donors (Lipinski definition) is 3. The number of Topliss-reactive ketones (excluding diaryl/α,β-unsaturated/α-hetero) is 1. The van der Waals surface area contributed by atoms with Gasteiger partial charge in [-0.1, -0.05) is 90.9 Å². The van der Waals surface area contributed by atoms with Crippen molar-refractivity contribution in [2.75, 3.05) is 6.61 Å². The Morgan fingerprint density at radius 2 is 1.12 bits per heavy atom. The molecule has 3 N–H and O–H groups in total. The molecule has 5 nitrogen and oxygen atoms in total. The molecule has 0 saturated carbocycles. The molecule has 2 atom stereocenters. The maximum atomic E-state index is 11.7. The van der Waals surface area contributed by atoms with E-state index in [2.05, 4.69) is 13.8 Å². The average Bonchev–Trinajstić information content (AvgIpc) is 2.60. The van der Waals surface area contributed by atoms with Crippen molar-refractivity contribution in [2.45, 2.75) is 103 Å². The first-order valence-electron chi connectivity index (χ1n) is 10.5. The standard InChI is InChI=1S/C21H40O5/c1-17(2)14-12-10-8-6-4-3-5-7-9-11-13-15-18(21(25)26)20(24)19(23)16-22/h17-19,22-23H,3-16H2,1-2H3,(H,25,26). The van der Waals surface area contributed by atoms with E-state index in [0.29, 0.717) is 6.42 Å². The van der Waals surface area contributed by atoms with Gasteiger partial charge in [0, 0.05) is 0 Å².